The molecule has 0 saturated carbocycles. The van der Waals surface area contributed by atoms with Gasteiger partial charge in [-0.2, -0.15) is 5.10 Å². The largest absolute Gasteiger partial charge is 0.313 e. The van der Waals surface area contributed by atoms with Gasteiger partial charge < -0.3 is 4.98 Å². The third-order valence-electron chi connectivity index (χ3n) is 3.09. The topological polar surface area (TPSA) is 80.6 Å². The van der Waals surface area contributed by atoms with E-state index >= 15 is 0 Å². The Morgan fingerprint density at radius 3 is 2.65 bits per heavy atom. The second-order valence-corrected chi connectivity index (χ2v) is 4.29. The van der Waals surface area contributed by atoms with Crippen LogP contribution < -0.4 is 11.1 Å². The molecule has 1 N–H and O–H groups in total. The first-order valence-electron chi connectivity index (χ1n) is 6.26. The number of fused-ring (bicyclic) bond motifs is 1. The Balaban J connectivity index is 2.51. The predicted molar refractivity (Wildman–Crippen MR) is 75.5 cm³/mol. The smallest absolute Gasteiger partial charge is 0.293 e. The number of aromatic nitrogens is 4. The zero-order valence-electron chi connectivity index (χ0n) is 10.8. The fourth-order valence-corrected chi connectivity index (χ4v) is 2.13. The Morgan fingerprint density at radius 2 is 1.95 bits per heavy atom. The summed E-state index contributed by atoms with van der Waals surface area (Å²) in [5, 5.41) is 4.52. The van der Waals surface area contributed by atoms with Crippen molar-refractivity contribution in [2.75, 3.05) is 0 Å². The van der Waals surface area contributed by atoms with Crippen LogP contribution in [-0.2, 0) is 6.54 Å². The second kappa shape index (κ2) is 4.73. The molecule has 0 aliphatic rings. The van der Waals surface area contributed by atoms with Gasteiger partial charge in [-0.05, 0) is 6.92 Å². The molecule has 2 heterocycles. The van der Waals surface area contributed by atoms with Crippen molar-refractivity contribution in [2.45, 2.75) is 13.5 Å². The summed E-state index contributed by atoms with van der Waals surface area (Å²) >= 11 is 0. The third kappa shape index (κ3) is 1.82. The molecule has 100 valence electrons. The van der Waals surface area contributed by atoms with Gasteiger partial charge in [0, 0.05) is 12.1 Å². The molecule has 0 aliphatic heterocycles. The SMILES string of the molecule is CCn1nc(-c2ccccc2)c2c(=O)[nH]cnc2c1=O. The second-order valence-electron chi connectivity index (χ2n) is 4.29. The van der Waals surface area contributed by atoms with Gasteiger partial charge in [-0.3, -0.25) is 9.59 Å². The van der Waals surface area contributed by atoms with Crippen molar-refractivity contribution >= 4 is 10.9 Å². The Labute approximate surface area is 113 Å². The van der Waals surface area contributed by atoms with Crippen LogP contribution >= 0.6 is 0 Å². The van der Waals surface area contributed by atoms with E-state index < -0.39 is 0 Å². The van der Waals surface area contributed by atoms with Gasteiger partial charge in [-0.1, -0.05) is 30.3 Å². The normalized spacial score (nSPS) is 10.8. The van der Waals surface area contributed by atoms with Crippen molar-refractivity contribution in [1.29, 1.82) is 0 Å². The van der Waals surface area contributed by atoms with Crippen LogP contribution in [0.2, 0.25) is 0 Å². The molecule has 0 radical (unpaired) electrons. The van der Waals surface area contributed by atoms with Gasteiger partial charge in [0.05, 0.1) is 11.7 Å². The van der Waals surface area contributed by atoms with E-state index in [2.05, 4.69) is 15.1 Å². The van der Waals surface area contributed by atoms with Crippen molar-refractivity contribution in [3.63, 3.8) is 0 Å². The molecule has 0 fully saturated rings. The summed E-state index contributed by atoms with van der Waals surface area (Å²) in [7, 11) is 0. The molecule has 2 aromatic heterocycles. The number of nitrogens with zero attached hydrogens (tertiary/aromatic N) is 3. The maximum absolute atomic E-state index is 12.2. The molecule has 0 unspecified atom stereocenters. The van der Waals surface area contributed by atoms with Crippen LogP contribution in [0.4, 0.5) is 0 Å². The number of aromatic amines is 1. The minimum Gasteiger partial charge on any atom is -0.313 e. The highest BCUT2D eigenvalue weighted by molar-refractivity contribution is 5.90. The highest BCUT2D eigenvalue weighted by atomic mass is 16.1. The van der Waals surface area contributed by atoms with Gasteiger partial charge in [-0.25, -0.2) is 9.67 Å². The van der Waals surface area contributed by atoms with Crippen LogP contribution in [0.5, 0.6) is 0 Å². The molecule has 0 atom stereocenters. The zero-order chi connectivity index (χ0) is 14.1. The molecule has 20 heavy (non-hydrogen) atoms. The molecule has 3 rings (SSSR count). The molecule has 6 heteroatoms. The Hall–Kier alpha value is -2.76. The highest BCUT2D eigenvalue weighted by Crippen LogP contribution is 2.20. The number of hydrogen-bond acceptors (Lipinski definition) is 4. The van der Waals surface area contributed by atoms with E-state index in [0.29, 0.717) is 12.2 Å². The first kappa shape index (κ1) is 12.3. The maximum atomic E-state index is 12.2. The van der Waals surface area contributed by atoms with Gasteiger partial charge in [-0.15, -0.1) is 0 Å². The number of hydrogen-bond donors (Lipinski definition) is 1. The predicted octanol–water partition coefficient (Wildman–Crippen LogP) is 1.17. The van der Waals surface area contributed by atoms with Crippen LogP contribution in [0, 0.1) is 0 Å². The van der Waals surface area contributed by atoms with E-state index in [0.717, 1.165) is 5.56 Å². The van der Waals surface area contributed by atoms with Crippen molar-refractivity contribution < 1.29 is 0 Å². The fraction of sp³-hybridized carbons (Fsp3) is 0.143. The zero-order valence-corrected chi connectivity index (χ0v) is 10.8. The van der Waals surface area contributed by atoms with Crippen LogP contribution in [0.25, 0.3) is 22.2 Å². The summed E-state index contributed by atoms with van der Waals surface area (Å²) in [5.74, 6) is 0. The Kier molecular flexibility index (Phi) is 2.90. The number of benzene rings is 1. The van der Waals surface area contributed by atoms with E-state index in [9.17, 15) is 9.59 Å². The summed E-state index contributed by atoms with van der Waals surface area (Å²) in [6, 6.07) is 9.28. The summed E-state index contributed by atoms with van der Waals surface area (Å²) < 4.78 is 1.32. The average Bonchev–Trinajstić information content (AvgIpc) is 2.49. The minimum atomic E-state index is -0.360. The first-order chi connectivity index (χ1) is 9.72. The average molecular weight is 268 g/mol. The van der Waals surface area contributed by atoms with E-state index in [1.165, 1.54) is 11.0 Å². The number of aryl methyl sites for hydroxylation is 1. The van der Waals surface area contributed by atoms with Crippen molar-refractivity contribution in [1.82, 2.24) is 19.7 Å². The van der Waals surface area contributed by atoms with Gasteiger partial charge in [0.15, 0.2) is 0 Å². The lowest BCUT2D eigenvalue weighted by atomic mass is 10.1. The van der Waals surface area contributed by atoms with E-state index in [1.54, 1.807) is 0 Å². The summed E-state index contributed by atoms with van der Waals surface area (Å²) in [6.07, 6.45) is 1.24. The number of nitrogens with one attached hydrogen (secondary N) is 1. The van der Waals surface area contributed by atoms with Crippen molar-refractivity contribution in [3.05, 3.63) is 57.4 Å². The lowest BCUT2D eigenvalue weighted by Crippen LogP contribution is -2.26. The standard InChI is InChI=1S/C14H12N4O2/c1-2-18-14(20)12-10(13(19)16-8-15-12)11(17-18)9-6-4-3-5-7-9/h3-8H,2H2,1H3,(H,15,16,19). The maximum Gasteiger partial charge on any atom is 0.293 e. The molecule has 1 aromatic carbocycles. The van der Waals surface area contributed by atoms with E-state index in [-0.39, 0.29) is 22.0 Å². The number of H-pyrrole nitrogens is 1. The van der Waals surface area contributed by atoms with Gasteiger partial charge >= 0.3 is 0 Å². The van der Waals surface area contributed by atoms with Crippen LogP contribution in [0.15, 0.2) is 46.2 Å². The molecule has 6 nitrogen and oxygen atoms in total. The Morgan fingerprint density at radius 1 is 1.20 bits per heavy atom. The van der Waals surface area contributed by atoms with Gasteiger partial charge in [0.1, 0.15) is 11.2 Å². The molecule has 3 aromatic rings. The molecule has 0 aliphatic carbocycles. The molecule has 0 spiro atoms. The van der Waals surface area contributed by atoms with Crippen molar-refractivity contribution in [2.24, 2.45) is 0 Å². The van der Waals surface area contributed by atoms with Crippen molar-refractivity contribution in [3.8, 4) is 11.3 Å². The fourth-order valence-electron chi connectivity index (χ4n) is 2.13. The van der Waals surface area contributed by atoms with Gasteiger partial charge in [0.2, 0.25) is 0 Å². The molecular formula is C14H12N4O2. The van der Waals surface area contributed by atoms with Crippen LogP contribution in [0.3, 0.4) is 0 Å². The lowest BCUT2D eigenvalue weighted by molar-refractivity contribution is 0.624. The monoisotopic (exact) mass is 268 g/mol. The Bertz CT molecular complexity index is 881. The molecule has 0 amide bonds. The molecular weight excluding hydrogens is 256 g/mol. The summed E-state index contributed by atoms with van der Waals surface area (Å²) in [4.78, 5) is 30.7. The summed E-state index contributed by atoms with van der Waals surface area (Å²) in [6.45, 7) is 2.24. The summed E-state index contributed by atoms with van der Waals surface area (Å²) in [5.41, 5.74) is 0.675. The van der Waals surface area contributed by atoms with Crippen LogP contribution in [0.1, 0.15) is 6.92 Å². The van der Waals surface area contributed by atoms with E-state index in [1.807, 2.05) is 37.3 Å². The molecule has 0 saturated heterocycles. The third-order valence-corrected chi connectivity index (χ3v) is 3.09. The highest BCUT2D eigenvalue weighted by Gasteiger charge is 2.15. The lowest BCUT2D eigenvalue weighted by Gasteiger charge is -2.08. The quantitative estimate of drug-likeness (QED) is 0.756. The first-order valence-corrected chi connectivity index (χ1v) is 6.26. The van der Waals surface area contributed by atoms with Gasteiger partial charge in [0.25, 0.3) is 11.1 Å². The molecule has 0 bridgehead atoms. The minimum absolute atomic E-state index is 0.143. The van der Waals surface area contributed by atoms with Crippen LogP contribution in [-0.4, -0.2) is 19.7 Å². The number of rotatable bonds is 2. The van der Waals surface area contributed by atoms with E-state index in [4.69, 9.17) is 0 Å².